The van der Waals surface area contributed by atoms with E-state index < -0.39 is 11.9 Å². The second-order valence-corrected chi connectivity index (χ2v) is 3.81. The summed E-state index contributed by atoms with van der Waals surface area (Å²) in [6.07, 6.45) is 1.13. The summed E-state index contributed by atoms with van der Waals surface area (Å²) in [6.45, 7) is 1.62. The number of nitrogens with two attached hydrogens (primary N) is 1. The SMILES string of the molecule is CC(N)C(=O)c1cc2cc(F)cnc2n1C. The first-order valence-corrected chi connectivity index (χ1v) is 4.91. The molecule has 4 nitrogen and oxygen atoms in total. The summed E-state index contributed by atoms with van der Waals surface area (Å²) >= 11 is 0. The molecule has 0 aliphatic rings. The molecule has 0 amide bonds. The molecule has 2 aromatic rings. The number of carbonyl (C=O) groups is 1. The van der Waals surface area contributed by atoms with Gasteiger partial charge in [-0.1, -0.05) is 0 Å². The van der Waals surface area contributed by atoms with Gasteiger partial charge in [-0.25, -0.2) is 9.37 Å². The van der Waals surface area contributed by atoms with E-state index in [9.17, 15) is 9.18 Å². The van der Waals surface area contributed by atoms with E-state index in [4.69, 9.17) is 5.73 Å². The molecule has 0 spiro atoms. The third-order valence-electron chi connectivity index (χ3n) is 2.50. The van der Waals surface area contributed by atoms with Crippen molar-refractivity contribution in [1.29, 1.82) is 0 Å². The number of hydrogen-bond donors (Lipinski definition) is 1. The average molecular weight is 221 g/mol. The lowest BCUT2D eigenvalue weighted by Crippen LogP contribution is -2.28. The maximum Gasteiger partial charge on any atom is 0.195 e. The van der Waals surface area contributed by atoms with Gasteiger partial charge in [0, 0.05) is 12.4 Å². The summed E-state index contributed by atoms with van der Waals surface area (Å²) in [4.78, 5) is 15.7. The Morgan fingerprint density at radius 1 is 1.56 bits per heavy atom. The highest BCUT2D eigenvalue weighted by atomic mass is 19.1. The number of nitrogens with zero attached hydrogens (tertiary/aromatic N) is 2. The van der Waals surface area contributed by atoms with Gasteiger partial charge >= 0.3 is 0 Å². The number of Topliss-reactive ketones (excluding diaryl/α,β-unsaturated/α-hetero) is 1. The van der Waals surface area contributed by atoms with Crippen molar-refractivity contribution >= 4 is 16.8 Å². The van der Waals surface area contributed by atoms with Gasteiger partial charge < -0.3 is 10.3 Å². The second-order valence-electron chi connectivity index (χ2n) is 3.81. The molecule has 0 aliphatic carbocycles. The fraction of sp³-hybridized carbons (Fsp3) is 0.273. The van der Waals surface area contributed by atoms with Crippen LogP contribution in [0.3, 0.4) is 0 Å². The van der Waals surface area contributed by atoms with Crippen LogP contribution in [0.1, 0.15) is 17.4 Å². The van der Waals surface area contributed by atoms with Crippen molar-refractivity contribution in [3.63, 3.8) is 0 Å². The summed E-state index contributed by atoms with van der Waals surface area (Å²) in [6, 6.07) is 2.38. The minimum absolute atomic E-state index is 0.180. The van der Waals surface area contributed by atoms with Crippen molar-refractivity contribution in [3.8, 4) is 0 Å². The summed E-state index contributed by atoms with van der Waals surface area (Å²) in [7, 11) is 1.71. The quantitative estimate of drug-likeness (QED) is 0.776. The highest BCUT2D eigenvalue weighted by Crippen LogP contribution is 2.18. The number of aryl methyl sites for hydroxylation is 1. The van der Waals surface area contributed by atoms with Crippen LogP contribution in [-0.2, 0) is 7.05 Å². The van der Waals surface area contributed by atoms with E-state index in [0.29, 0.717) is 16.7 Å². The van der Waals surface area contributed by atoms with Crippen molar-refractivity contribution in [2.45, 2.75) is 13.0 Å². The molecule has 5 heteroatoms. The zero-order valence-corrected chi connectivity index (χ0v) is 9.07. The Morgan fingerprint density at radius 2 is 2.25 bits per heavy atom. The second kappa shape index (κ2) is 3.68. The minimum Gasteiger partial charge on any atom is -0.326 e. The number of carbonyl (C=O) groups excluding carboxylic acids is 1. The van der Waals surface area contributed by atoms with Crippen molar-refractivity contribution in [2.24, 2.45) is 12.8 Å². The van der Waals surface area contributed by atoms with E-state index in [1.54, 1.807) is 24.6 Å². The van der Waals surface area contributed by atoms with Crippen LogP contribution in [0.5, 0.6) is 0 Å². The fourth-order valence-corrected chi connectivity index (χ4v) is 1.66. The Labute approximate surface area is 91.9 Å². The third kappa shape index (κ3) is 1.59. The number of aromatic nitrogens is 2. The lowest BCUT2D eigenvalue weighted by molar-refractivity contribution is 0.0960. The molecule has 0 radical (unpaired) electrons. The van der Waals surface area contributed by atoms with Crippen molar-refractivity contribution in [3.05, 3.63) is 29.8 Å². The summed E-state index contributed by atoms with van der Waals surface area (Å²) in [5.74, 6) is -0.598. The molecule has 0 saturated heterocycles. The van der Waals surface area contributed by atoms with Crippen LogP contribution < -0.4 is 5.73 Å². The molecule has 1 atom stereocenters. The summed E-state index contributed by atoms with van der Waals surface area (Å²) in [5.41, 5.74) is 6.55. The zero-order chi connectivity index (χ0) is 11.9. The van der Waals surface area contributed by atoms with E-state index >= 15 is 0 Å². The first kappa shape index (κ1) is 10.8. The lowest BCUT2D eigenvalue weighted by atomic mass is 10.1. The molecule has 2 rings (SSSR count). The third-order valence-corrected chi connectivity index (χ3v) is 2.50. The molecule has 1 unspecified atom stereocenters. The van der Waals surface area contributed by atoms with Gasteiger partial charge in [-0.05, 0) is 19.1 Å². The summed E-state index contributed by atoms with van der Waals surface area (Å²) in [5, 5.41) is 0.603. The van der Waals surface area contributed by atoms with Gasteiger partial charge in [-0.3, -0.25) is 4.79 Å². The van der Waals surface area contributed by atoms with Gasteiger partial charge in [0.2, 0.25) is 0 Å². The van der Waals surface area contributed by atoms with Crippen molar-refractivity contribution in [1.82, 2.24) is 9.55 Å². The van der Waals surface area contributed by atoms with Gasteiger partial charge in [0.05, 0.1) is 17.9 Å². The van der Waals surface area contributed by atoms with E-state index in [2.05, 4.69) is 4.98 Å². The molecular weight excluding hydrogens is 209 g/mol. The zero-order valence-electron chi connectivity index (χ0n) is 9.07. The van der Waals surface area contributed by atoms with Crippen LogP contribution in [0.2, 0.25) is 0 Å². The topological polar surface area (TPSA) is 60.9 Å². The predicted octanol–water partition coefficient (Wildman–Crippen LogP) is 1.24. The first-order valence-electron chi connectivity index (χ1n) is 4.91. The molecule has 2 N–H and O–H groups in total. The molecule has 0 saturated carbocycles. The number of fused-ring (bicyclic) bond motifs is 1. The Balaban J connectivity index is 2.64. The Hall–Kier alpha value is -1.75. The Kier molecular flexibility index (Phi) is 2.47. The number of ketones is 1. The number of hydrogen-bond acceptors (Lipinski definition) is 3. The largest absolute Gasteiger partial charge is 0.326 e. The van der Waals surface area contributed by atoms with Gasteiger partial charge in [-0.2, -0.15) is 0 Å². The lowest BCUT2D eigenvalue weighted by Gasteiger charge is -2.05. The molecule has 2 aromatic heterocycles. The highest BCUT2D eigenvalue weighted by Gasteiger charge is 2.17. The van der Waals surface area contributed by atoms with Crippen LogP contribution in [0.25, 0.3) is 11.0 Å². The molecule has 0 fully saturated rings. The van der Waals surface area contributed by atoms with E-state index in [-0.39, 0.29) is 5.78 Å². The molecule has 16 heavy (non-hydrogen) atoms. The minimum atomic E-state index is -0.576. The first-order chi connectivity index (χ1) is 7.50. The normalized spacial score (nSPS) is 13.0. The molecule has 84 valence electrons. The number of pyridine rings is 1. The Morgan fingerprint density at radius 3 is 2.88 bits per heavy atom. The average Bonchev–Trinajstić information content (AvgIpc) is 2.54. The predicted molar refractivity (Wildman–Crippen MR) is 58.7 cm³/mol. The fourth-order valence-electron chi connectivity index (χ4n) is 1.66. The molecule has 0 aliphatic heterocycles. The standard InChI is InChI=1S/C11H12FN3O/c1-6(13)10(16)9-4-7-3-8(12)5-14-11(7)15(9)2/h3-6H,13H2,1-2H3. The highest BCUT2D eigenvalue weighted by molar-refractivity contribution is 6.02. The molecule has 0 bridgehead atoms. The molecule has 0 aromatic carbocycles. The number of halogens is 1. The van der Waals surface area contributed by atoms with E-state index in [0.717, 1.165) is 6.20 Å². The van der Waals surface area contributed by atoms with Crippen LogP contribution in [-0.4, -0.2) is 21.4 Å². The monoisotopic (exact) mass is 221 g/mol. The van der Waals surface area contributed by atoms with E-state index in [1.807, 2.05) is 0 Å². The van der Waals surface area contributed by atoms with Gasteiger partial charge in [-0.15, -0.1) is 0 Å². The molecule has 2 heterocycles. The Bertz CT molecular complexity index is 560. The smallest absolute Gasteiger partial charge is 0.195 e. The van der Waals surface area contributed by atoms with Gasteiger partial charge in [0.1, 0.15) is 11.5 Å². The van der Waals surface area contributed by atoms with Crippen LogP contribution in [0.15, 0.2) is 18.3 Å². The van der Waals surface area contributed by atoms with Crippen molar-refractivity contribution < 1.29 is 9.18 Å². The number of rotatable bonds is 2. The maximum atomic E-state index is 13.0. The van der Waals surface area contributed by atoms with Gasteiger partial charge in [0.25, 0.3) is 0 Å². The van der Waals surface area contributed by atoms with Crippen molar-refractivity contribution in [2.75, 3.05) is 0 Å². The van der Waals surface area contributed by atoms with Crippen LogP contribution in [0, 0.1) is 5.82 Å². The molecular formula is C11H12FN3O. The maximum absolute atomic E-state index is 13.0. The van der Waals surface area contributed by atoms with Crippen LogP contribution >= 0.6 is 0 Å². The van der Waals surface area contributed by atoms with Crippen LogP contribution in [0.4, 0.5) is 4.39 Å². The van der Waals surface area contributed by atoms with Gasteiger partial charge in [0.15, 0.2) is 5.78 Å². The van der Waals surface area contributed by atoms with E-state index in [1.165, 1.54) is 6.07 Å². The summed E-state index contributed by atoms with van der Waals surface area (Å²) < 4.78 is 14.6.